The highest BCUT2D eigenvalue weighted by atomic mass is 19.1. The Morgan fingerprint density at radius 3 is 3.00 bits per heavy atom. The van der Waals surface area contributed by atoms with Crippen molar-refractivity contribution in [3.8, 4) is 11.8 Å². The van der Waals surface area contributed by atoms with Crippen LogP contribution in [0.1, 0.15) is 30.0 Å². The van der Waals surface area contributed by atoms with Crippen LogP contribution < -0.4 is 4.57 Å². The number of aromatic amines is 1. The molecule has 0 bridgehead atoms. The summed E-state index contributed by atoms with van der Waals surface area (Å²) >= 11 is 0. The average molecular weight is 312 g/mol. The van der Waals surface area contributed by atoms with Crippen molar-refractivity contribution >= 4 is 0 Å². The molecule has 3 rings (SSSR count). The first kappa shape index (κ1) is 14.9. The van der Waals surface area contributed by atoms with Crippen molar-refractivity contribution in [3.05, 3.63) is 65.8 Å². The molecule has 7 heteroatoms. The Balaban J connectivity index is 2.00. The number of nitriles is 1. The SMILES string of the molecule is CC(O)c1cc(F)ccc1-n1nccc1C[n+]1c[nH]c(C#N)c1. The van der Waals surface area contributed by atoms with Gasteiger partial charge in [0.05, 0.1) is 17.5 Å². The largest absolute Gasteiger partial charge is 0.389 e. The van der Waals surface area contributed by atoms with Gasteiger partial charge in [-0.3, -0.25) is 0 Å². The minimum Gasteiger partial charge on any atom is -0.389 e. The van der Waals surface area contributed by atoms with E-state index in [2.05, 4.69) is 10.1 Å². The van der Waals surface area contributed by atoms with Gasteiger partial charge in [0.25, 0.3) is 0 Å². The van der Waals surface area contributed by atoms with Gasteiger partial charge in [0, 0.05) is 11.8 Å². The maximum atomic E-state index is 13.5. The zero-order chi connectivity index (χ0) is 16.4. The quantitative estimate of drug-likeness (QED) is 0.718. The third-order valence-corrected chi connectivity index (χ3v) is 3.53. The number of benzene rings is 1. The normalized spacial score (nSPS) is 12.1. The van der Waals surface area contributed by atoms with Crippen LogP contribution in [0.15, 0.2) is 43.0 Å². The third-order valence-electron chi connectivity index (χ3n) is 3.53. The number of aliphatic hydroxyl groups is 1. The van der Waals surface area contributed by atoms with Crippen molar-refractivity contribution < 1.29 is 14.1 Å². The Labute approximate surface area is 132 Å². The molecule has 0 spiro atoms. The molecule has 2 N–H and O–H groups in total. The maximum Gasteiger partial charge on any atom is 0.242 e. The first-order valence-electron chi connectivity index (χ1n) is 7.07. The summed E-state index contributed by atoms with van der Waals surface area (Å²) in [5.74, 6) is -0.406. The van der Waals surface area contributed by atoms with Crippen LogP contribution in [0.2, 0.25) is 0 Å². The molecule has 0 aliphatic rings. The number of aliphatic hydroxyl groups excluding tert-OH is 1. The van der Waals surface area contributed by atoms with Crippen LogP contribution >= 0.6 is 0 Å². The maximum absolute atomic E-state index is 13.5. The Morgan fingerprint density at radius 2 is 2.30 bits per heavy atom. The van der Waals surface area contributed by atoms with Crippen LogP contribution in [0.5, 0.6) is 0 Å². The molecule has 1 atom stereocenters. The van der Waals surface area contributed by atoms with Gasteiger partial charge in [0.15, 0.2) is 0 Å². The van der Waals surface area contributed by atoms with Gasteiger partial charge in [-0.1, -0.05) is 0 Å². The van der Waals surface area contributed by atoms with Gasteiger partial charge in [-0.2, -0.15) is 10.4 Å². The van der Waals surface area contributed by atoms with Crippen molar-refractivity contribution in [1.82, 2.24) is 14.8 Å². The molecule has 1 unspecified atom stereocenters. The lowest BCUT2D eigenvalue weighted by Crippen LogP contribution is -2.32. The lowest BCUT2D eigenvalue weighted by Gasteiger charge is -2.14. The molecule has 23 heavy (non-hydrogen) atoms. The molecule has 3 aromatic rings. The van der Waals surface area contributed by atoms with Crippen LogP contribution in [0.25, 0.3) is 5.69 Å². The van der Waals surface area contributed by atoms with Gasteiger partial charge in [-0.15, -0.1) is 0 Å². The van der Waals surface area contributed by atoms with E-state index in [0.29, 0.717) is 23.5 Å². The van der Waals surface area contributed by atoms with E-state index in [9.17, 15) is 9.50 Å². The number of nitrogens with zero attached hydrogens (tertiary/aromatic N) is 4. The molecule has 0 saturated heterocycles. The first-order chi connectivity index (χ1) is 11.1. The van der Waals surface area contributed by atoms with Crippen molar-refractivity contribution in [3.63, 3.8) is 0 Å². The molecule has 6 nitrogen and oxygen atoms in total. The van der Waals surface area contributed by atoms with Crippen LogP contribution in [0.4, 0.5) is 4.39 Å². The number of halogens is 1. The molecular formula is C16H15FN5O+. The molecule has 0 aliphatic heterocycles. The van der Waals surface area contributed by atoms with E-state index in [1.165, 1.54) is 12.1 Å². The fraction of sp³-hybridized carbons (Fsp3) is 0.188. The number of nitrogens with one attached hydrogen (secondary N) is 1. The fourth-order valence-electron chi connectivity index (χ4n) is 2.45. The Hall–Kier alpha value is -2.98. The van der Waals surface area contributed by atoms with Crippen LogP contribution in [0, 0.1) is 17.1 Å². The summed E-state index contributed by atoms with van der Waals surface area (Å²) in [5, 5.41) is 23.0. The zero-order valence-electron chi connectivity index (χ0n) is 12.4. The van der Waals surface area contributed by atoms with Crippen molar-refractivity contribution in [2.45, 2.75) is 19.6 Å². The van der Waals surface area contributed by atoms with E-state index in [4.69, 9.17) is 5.26 Å². The molecule has 0 fully saturated rings. The van der Waals surface area contributed by atoms with Gasteiger partial charge >= 0.3 is 0 Å². The molecule has 0 amide bonds. The molecule has 2 aromatic heterocycles. The van der Waals surface area contributed by atoms with Gasteiger partial charge in [-0.25, -0.2) is 18.6 Å². The number of hydrogen-bond donors (Lipinski definition) is 2. The predicted octanol–water partition coefficient (Wildman–Crippen LogP) is 1.60. The number of hydrogen-bond acceptors (Lipinski definition) is 3. The highest BCUT2D eigenvalue weighted by molar-refractivity contribution is 5.43. The van der Waals surface area contributed by atoms with E-state index >= 15 is 0 Å². The monoisotopic (exact) mass is 312 g/mol. The highest BCUT2D eigenvalue weighted by Gasteiger charge is 2.16. The Kier molecular flexibility index (Phi) is 3.91. The molecule has 116 valence electrons. The molecule has 2 heterocycles. The highest BCUT2D eigenvalue weighted by Crippen LogP contribution is 2.23. The predicted molar refractivity (Wildman–Crippen MR) is 79.0 cm³/mol. The van der Waals surface area contributed by atoms with Crippen LogP contribution in [-0.4, -0.2) is 19.9 Å². The van der Waals surface area contributed by atoms with Crippen molar-refractivity contribution in [1.29, 1.82) is 5.26 Å². The fourth-order valence-corrected chi connectivity index (χ4v) is 2.45. The average Bonchev–Trinajstić information content (AvgIpc) is 3.17. The first-order valence-corrected chi connectivity index (χ1v) is 7.07. The Morgan fingerprint density at radius 1 is 1.48 bits per heavy atom. The summed E-state index contributed by atoms with van der Waals surface area (Å²) in [6.07, 6.45) is 4.21. The molecule has 1 aromatic carbocycles. The minimum absolute atomic E-state index is 0.406. The second-order valence-electron chi connectivity index (χ2n) is 5.21. The topological polar surface area (TPSA) is 81.5 Å². The number of imidazole rings is 1. The lowest BCUT2D eigenvalue weighted by molar-refractivity contribution is -0.687. The van der Waals surface area contributed by atoms with Crippen molar-refractivity contribution in [2.75, 3.05) is 0 Å². The van der Waals surface area contributed by atoms with E-state index in [0.717, 1.165) is 5.69 Å². The van der Waals surface area contributed by atoms with Gasteiger partial charge in [0.1, 0.15) is 24.6 Å². The second-order valence-corrected chi connectivity index (χ2v) is 5.21. The lowest BCUT2D eigenvalue weighted by atomic mass is 10.1. The van der Waals surface area contributed by atoms with E-state index in [1.807, 2.05) is 16.7 Å². The summed E-state index contributed by atoms with van der Waals surface area (Å²) in [7, 11) is 0. The summed E-state index contributed by atoms with van der Waals surface area (Å²) in [6, 6.07) is 8.10. The number of H-pyrrole nitrogens is 1. The summed E-state index contributed by atoms with van der Waals surface area (Å²) in [6.45, 7) is 2.07. The molecule has 0 aliphatic carbocycles. The van der Waals surface area contributed by atoms with Gasteiger partial charge in [0.2, 0.25) is 12.0 Å². The summed E-state index contributed by atoms with van der Waals surface area (Å²) in [4.78, 5) is 2.85. The van der Waals surface area contributed by atoms with Crippen molar-refractivity contribution in [2.24, 2.45) is 0 Å². The molecular weight excluding hydrogens is 297 g/mol. The standard InChI is InChI=1S/C16H14FN5O/c1-11(23)15-6-12(17)2-3-16(15)22-14(4-5-20-22)9-21-8-13(7-18)19-10-21/h2-6,8,10-11,23H,9H2,1H3/p+1. The number of aromatic nitrogens is 4. The van der Waals surface area contributed by atoms with E-state index < -0.39 is 11.9 Å². The minimum atomic E-state index is -0.817. The van der Waals surface area contributed by atoms with Gasteiger partial charge in [-0.05, 0) is 31.2 Å². The zero-order valence-corrected chi connectivity index (χ0v) is 12.4. The molecule has 0 radical (unpaired) electrons. The molecule has 0 saturated carbocycles. The summed E-state index contributed by atoms with van der Waals surface area (Å²) < 4.78 is 16.9. The van der Waals surface area contributed by atoms with Gasteiger partial charge < -0.3 is 5.11 Å². The third kappa shape index (κ3) is 2.98. The van der Waals surface area contributed by atoms with E-state index in [-0.39, 0.29) is 0 Å². The van der Waals surface area contributed by atoms with E-state index in [1.54, 1.807) is 36.4 Å². The number of rotatable bonds is 4. The van der Waals surface area contributed by atoms with Crippen LogP contribution in [-0.2, 0) is 6.54 Å². The smallest absolute Gasteiger partial charge is 0.242 e. The van der Waals surface area contributed by atoms with Crippen LogP contribution in [0.3, 0.4) is 0 Å². The Bertz CT molecular complexity index is 875. The second kappa shape index (κ2) is 6.02. The summed E-state index contributed by atoms with van der Waals surface area (Å²) in [5.41, 5.74) is 2.39.